The van der Waals surface area contributed by atoms with E-state index in [2.05, 4.69) is 11.7 Å². The molecule has 152 valence electrons. The van der Waals surface area contributed by atoms with Crippen molar-refractivity contribution in [1.82, 2.24) is 0 Å². The maximum Gasteiger partial charge on any atom is 0.305 e. The lowest BCUT2D eigenvalue weighted by Crippen LogP contribution is -2.01. The number of rotatable bonds is 15. The van der Waals surface area contributed by atoms with Gasteiger partial charge < -0.3 is 9.84 Å². The molecule has 0 saturated carbocycles. The molecule has 0 heterocycles. The van der Waals surface area contributed by atoms with Crippen LogP contribution in [-0.2, 0) is 9.53 Å². The summed E-state index contributed by atoms with van der Waals surface area (Å²) in [6.07, 6.45) is 18.3. The number of ether oxygens (including phenoxy) is 1. The molecule has 0 aliphatic rings. The summed E-state index contributed by atoms with van der Waals surface area (Å²) in [5.41, 5.74) is 0.0883. The lowest BCUT2D eigenvalue weighted by molar-refractivity contribution is -0.426. The van der Waals surface area contributed by atoms with Crippen molar-refractivity contribution in [1.29, 1.82) is 0 Å². The van der Waals surface area contributed by atoms with E-state index >= 15 is 0 Å². The Hall–Kier alpha value is -2.21. The van der Waals surface area contributed by atoms with Crippen molar-refractivity contribution in [3.05, 3.63) is 58.3 Å². The van der Waals surface area contributed by atoms with Crippen LogP contribution >= 0.6 is 0 Å². The first-order chi connectivity index (χ1) is 13.0. The van der Waals surface area contributed by atoms with Gasteiger partial charge in [0.1, 0.15) is 0 Å². The molecule has 0 saturated heterocycles. The Labute approximate surface area is 162 Å². The highest BCUT2D eigenvalue weighted by Crippen LogP contribution is 2.07. The maximum atomic E-state index is 11.1. The van der Waals surface area contributed by atoms with Gasteiger partial charge in [-0.2, -0.15) is 0 Å². The molecule has 0 aromatic rings. The number of esters is 1. The molecule has 0 aliphatic carbocycles. The van der Waals surface area contributed by atoms with Crippen LogP contribution in [0.4, 0.5) is 0 Å². The van der Waals surface area contributed by atoms with Crippen molar-refractivity contribution in [3.63, 3.8) is 0 Å². The number of hydrogen-bond donors (Lipinski definition) is 1. The predicted octanol–water partition coefficient (Wildman–Crippen LogP) is 4.88. The van der Waals surface area contributed by atoms with E-state index in [1.54, 1.807) is 18.2 Å². The second-order valence-electron chi connectivity index (χ2n) is 6.21. The Morgan fingerprint density at radius 3 is 2.59 bits per heavy atom. The highest BCUT2D eigenvalue weighted by Gasteiger charge is 2.06. The van der Waals surface area contributed by atoms with Gasteiger partial charge in [0, 0.05) is 12.5 Å². The molecule has 0 aromatic carbocycles. The van der Waals surface area contributed by atoms with E-state index < -0.39 is 11.0 Å². The molecular weight excluding hydrogens is 346 g/mol. The molecule has 1 atom stereocenters. The van der Waals surface area contributed by atoms with Gasteiger partial charge in [-0.15, -0.1) is 0 Å². The molecule has 1 N–H and O–H groups in total. The topological polar surface area (TPSA) is 89.7 Å². The number of unbranched alkanes of at least 4 members (excludes halogenated alkanes) is 3. The van der Waals surface area contributed by atoms with E-state index in [0.29, 0.717) is 19.3 Å². The molecule has 0 aliphatic heterocycles. The lowest BCUT2D eigenvalue weighted by Gasteiger charge is -2.03. The third-order valence-electron chi connectivity index (χ3n) is 3.87. The summed E-state index contributed by atoms with van der Waals surface area (Å²) in [7, 11) is 1.38. The first-order valence-electron chi connectivity index (χ1n) is 9.57. The zero-order valence-electron chi connectivity index (χ0n) is 16.5. The van der Waals surface area contributed by atoms with Crippen LogP contribution in [0.2, 0.25) is 0 Å². The van der Waals surface area contributed by atoms with Crippen LogP contribution in [0.15, 0.2) is 48.2 Å². The third kappa shape index (κ3) is 15.7. The Morgan fingerprint density at radius 1 is 1.19 bits per heavy atom. The molecule has 0 aromatic heterocycles. The van der Waals surface area contributed by atoms with Crippen molar-refractivity contribution < 1.29 is 19.6 Å². The summed E-state index contributed by atoms with van der Waals surface area (Å²) in [5, 5.41) is 20.8. The zero-order valence-corrected chi connectivity index (χ0v) is 16.5. The van der Waals surface area contributed by atoms with Gasteiger partial charge in [0.15, 0.2) is 0 Å². The van der Waals surface area contributed by atoms with Gasteiger partial charge in [0.05, 0.1) is 24.6 Å². The standard InChI is InChI=1S/C21H33NO5/c1-3-4-10-16-20(23)17-13-15-19(22(25)26)14-11-8-6-5-7-9-12-18-21(24)27-2/h5,7-8,11,13,15,17,20,23H,3-4,6,9-10,12,14,16,18H2,1-2H3/b7-5-,11-8-,17-13+,19-15+/t20-/m0/s1. The van der Waals surface area contributed by atoms with Crippen molar-refractivity contribution in [2.45, 2.75) is 70.8 Å². The molecule has 0 fully saturated rings. The van der Waals surface area contributed by atoms with Gasteiger partial charge in [-0.1, -0.05) is 62.6 Å². The average Bonchev–Trinajstić information content (AvgIpc) is 2.64. The predicted molar refractivity (Wildman–Crippen MR) is 108 cm³/mol. The van der Waals surface area contributed by atoms with Crippen LogP contribution in [0.1, 0.15) is 64.7 Å². The molecule has 0 bridgehead atoms. The zero-order chi connectivity index (χ0) is 20.3. The van der Waals surface area contributed by atoms with Crippen molar-refractivity contribution >= 4 is 5.97 Å². The molecule has 27 heavy (non-hydrogen) atoms. The third-order valence-corrected chi connectivity index (χ3v) is 3.87. The van der Waals surface area contributed by atoms with Crippen LogP contribution in [-0.4, -0.2) is 29.2 Å². The van der Waals surface area contributed by atoms with Crippen molar-refractivity contribution in [2.24, 2.45) is 0 Å². The molecule has 0 amide bonds. The van der Waals surface area contributed by atoms with Crippen LogP contribution in [0, 0.1) is 10.1 Å². The fourth-order valence-electron chi connectivity index (χ4n) is 2.26. The second-order valence-corrected chi connectivity index (χ2v) is 6.21. The second kappa shape index (κ2) is 17.2. The van der Waals surface area contributed by atoms with Crippen LogP contribution in [0.5, 0.6) is 0 Å². The Bertz CT molecular complexity index is 535. The molecule has 6 heteroatoms. The number of carbonyl (C=O) groups excluding carboxylic acids is 1. The van der Waals surface area contributed by atoms with Crippen LogP contribution in [0.25, 0.3) is 0 Å². The van der Waals surface area contributed by atoms with Gasteiger partial charge in [-0.25, -0.2) is 0 Å². The molecule has 0 spiro atoms. The van der Waals surface area contributed by atoms with E-state index in [-0.39, 0.29) is 18.1 Å². The number of aliphatic hydroxyl groups excluding tert-OH is 1. The fourth-order valence-corrected chi connectivity index (χ4v) is 2.26. The van der Waals surface area contributed by atoms with E-state index in [1.165, 1.54) is 13.2 Å². The Balaban J connectivity index is 4.17. The van der Waals surface area contributed by atoms with Gasteiger partial charge in [-0.05, 0) is 25.7 Å². The van der Waals surface area contributed by atoms with E-state index in [0.717, 1.165) is 32.1 Å². The number of aliphatic hydroxyl groups is 1. The Morgan fingerprint density at radius 2 is 1.93 bits per heavy atom. The van der Waals surface area contributed by atoms with Gasteiger partial charge >= 0.3 is 5.97 Å². The van der Waals surface area contributed by atoms with E-state index in [4.69, 9.17) is 0 Å². The van der Waals surface area contributed by atoms with Crippen LogP contribution in [0.3, 0.4) is 0 Å². The summed E-state index contributed by atoms with van der Waals surface area (Å²) in [4.78, 5) is 21.6. The summed E-state index contributed by atoms with van der Waals surface area (Å²) in [5.74, 6) is -0.204. The number of allylic oxidation sites excluding steroid dienone is 6. The lowest BCUT2D eigenvalue weighted by atomic mass is 10.1. The number of methoxy groups -OCH3 is 1. The fraction of sp³-hybridized carbons (Fsp3) is 0.571. The smallest absolute Gasteiger partial charge is 0.305 e. The normalized spacial score (nSPS) is 13.7. The summed E-state index contributed by atoms with van der Waals surface area (Å²) < 4.78 is 4.56. The minimum atomic E-state index is -0.555. The first kappa shape index (κ1) is 24.8. The minimum absolute atomic E-state index is 0.0883. The van der Waals surface area contributed by atoms with Gasteiger partial charge in [-0.3, -0.25) is 14.9 Å². The Kier molecular flexibility index (Phi) is 15.8. The summed E-state index contributed by atoms with van der Waals surface area (Å²) in [6, 6.07) is 0. The molecule has 0 rings (SSSR count). The van der Waals surface area contributed by atoms with Crippen molar-refractivity contribution in [2.75, 3.05) is 7.11 Å². The monoisotopic (exact) mass is 379 g/mol. The van der Waals surface area contributed by atoms with Crippen LogP contribution < -0.4 is 0 Å². The summed E-state index contributed by atoms with van der Waals surface area (Å²) in [6.45, 7) is 2.10. The highest BCUT2D eigenvalue weighted by atomic mass is 16.6. The molecule has 0 radical (unpaired) electrons. The number of carbonyl (C=O) groups is 1. The maximum absolute atomic E-state index is 11.1. The molecule has 6 nitrogen and oxygen atoms in total. The largest absolute Gasteiger partial charge is 0.469 e. The number of nitro groups is 1. The summed E-state index contributed by atoms with van der Waals surface area (Å²) >= 11 is 0. The van der Waals surface area contributed by atoms with Gasteiger partial charge in [0.25, 0.3) is 0 Å². The molecular formula is C21H33NO5. The average molecular weight is 379 g/mol. The quantitative estimate of drug-likeness (QED) is 0.109. The SMILES string of the molecule is CCCCC[C@H](O)/C=C/C=C(\C/C=C\C/C=C\CCCC(=O)OC)[N+](=O)[O-]. The van der Waals surface area contributed by atoms with Crippen molar-refractivity contribution in [3.8, 4) is 0 Å². The minimum Gasteiger partial charge on any atom is -0.469 e. The first-order valence-corrected chi connectivity index (χ1v) is 9.57. The molecule has 0 unspecified atom stereocenters. The highest BCUT2D eigenvalue weighted by molar-refractivity contribution is 5.69. The number of hydrogen-bond acceptors (Lipinski definition) is 5. The van der Waals surface area contributed by atoms with Gasteiger partial charge in [0.2, 0.25) is 5.70 Å². The number of nitrogens with zero attached hydrogens (tertiary/aromatic N) is 1. The van der Waals surface area contributed by atoms with E-state index in [9.17, 15) is 20.0 Å². The van der Waals surface area contributed by atoms with E-state index in [1.807, 2.05) is 18.2 Å².